The minimum absolute atomic E-state index is 0.0515. The van der Waals surface area contributed by atoms with E-state index in [4.69, 9.17) is 5.11 Å². The highest BCUT2D eigenvalue weighted by Gasteiger charge is 2.30. The van der Waals surface area contributed by atoms with E-state index in [9.17, 15) is 18.3 Å². The van der Waals surface area contributed by atoms with E-state index in [0.29, 0.717) is 19.4 Å². The number of aromatic carboxylic acids is 1. The number of carbonyl (C=O) groups is 1. The summed E-state index contributed by atoms with van der Waals surface area (Å²) in [5, 5.41) is 18.2. The maximum Gasteiger partial charge on any atom is 0.352 e. The number of sulfonamides is 1. The summed E-state index contributed by atoms with van der Waals surface area (Å²) in [4.78, 5) is 13.0. The molecule has 1 aromatic rings. The van der Waals surface area contributed by atoms with Crippen molar-refractivity contribution < 1.29 is 23.4 Å². The third-order valence-corrected chi connectivity index (χ3v) is 4.73. The number of carboxylic acid groups (broad SMARTS) is 1. The Morgan fingerprint density at radius 3 is 2.78 bits per heavy atom. The van der Waals surface area contributed by atoms with Crippen molar-refractivity contribution in [3.8, 4) is 0 Å². The summed E-state index contributed by atoms with van der Waals surface area (Å²) >= 11 is 0. The van der Waals surface area contributed by atoms with Crippen LogP contribution in [0.3, 0.4) is 0 Å². The van der Waals surface area contributed by atoms with Crippen LogP contribution in [0, 0.1) is 0 Å². The normalized spacial score (nSPS) is 21.9. The van der Waals surface area contributed by atoms with E-state index in [-0.39, 0.29) is 17.1 Å². The predicted octanol–water partition coefficient (Wildman–Crippen LogP) is -0.142. The van der Waals surface area contributed by atoms with Crippen LogP contribution in [0.25, 0.3) is 0 Å². The fourth-order valence-corrected chi connectivity index (χ4v) is 3.45. The summed E-state index contributed by atoms with van der Waals surface area (Å²) in [6.45, 7) is 0.392. The number of aliphatic hydroxyl groups is 1. The van der Waals surface area contributed by atoms with Crippen molar-refractivity contribution in [1.29, 1.82) is 0 Å². The fourth-order valence-electron chi connectivity index (χ4n) is 1.94. The molecule has 7 nitrogen and oxygen atoms in total. The van der Waals surface area contributed by atoms with E-state index in [0.717, 1.165) is 12.3 Å². The van der Waals surface area contributed by atoms with Crippen LogP contribution in [0.4, 0.5) is 0 Å². The summed E-state index contributed by atoms with van der Waals surface area (Å²) in [6, 6.07) is 1.08. The van der Waals surface area contributed by atoms with Gasteiger partial charge in [0, 0.05) is 19.3 Å². The number of β-amino-alcohol motifs (C(OH)–C–C–N with tert-alkyl or cyclic N) is 1. The van der Waals surface area contributed by atoms with Crippen LogP contribution in [-0.2, 0) is 10.0 Å². The Bertz CT molecular complexity index is 550. The van der Waals surface area contributed by atoms with E-state index in [1.165, 1.54) is 4.31 Å². The summed E-state index contributed by atoms with van der Waals surface area (Å²) in [7, 11) is -3.73. The average Bonchev–Trinajstić information content (AvgIpc) is 2.79. The summed E-state index contributed by atoms with van der Waals surface area (Å²) in [6.07, 6.45) is 1.67. The van der Waals surface area contributed by atoms with Crippen molar-refractivity contribution >= 4 is 16.0 Å². The van der Waals surface area contributed by atoms with Gasteiger partial charge in [-0.2, -0.15) is 4.31 Å². The highest BCUT2D eigenvalue weighted by Crippen LogP contribution is 2.21. The maximum absolute atomic E-state index is 12.2. The molecule has 1 atom stereocenters. The standard InChI is InChI=1S/C10H14N2O5S/c13-7-2-1-3-12(6-7)18(16,17)8-4-9(10(14)15)11-5-8/h4-5,7,11,13H,1-3,6H2,(H,14,15)/t7-/m0/s1. The van der Waals surface area contributed by atoms with Gasteiger partial charge in [-0.1, -0.05) is 0 Å². The predicted molar refractivity (Wildman–Crippen MR) is 61.8 cm³/mol. The minimum atomic E-state index is -3.73. The molecule has 1 aliphatic heterocycles. The zero-order valence-electron chi connectivity index (χ0n) is 9.54. The van der Waals surface area contributed by atoms with E-state index in [1.54, 1.807) is 0 Å². The van der Waals surface area contributed by atoms with Gasteiger partial charge < -0.3 is 15.2 Å². The Morgan fingerprint density at radius 2 is 2.22 bits per heavy atom. The smallest absolute Gasteiger partial charge is 0.352 e. The first-order valence-electron chi connectivity index (χ1n) is 5.51. The topological polar surface area (TPSA) is 111 Å². The number of hydrogen-bond donors (Lipinski definition) is 3. The van der Waals surface area contributed by atoms with E-state index in [2.05, 4.69) is 4.98 Å². The Morgan fingerprint density at radius 1 is 1.50 bits per heavy atom. The van der Waals surface area contributed by atoms with Gasteiger partial charge >= 0.3 is 5.97 Å². The number of hydrogen-bond acceptors (Lipinski definition) is 4. The van der Waals surface area contributed by atoms with Crippen LogP contribution >= 0.6 is 0 Å². The molecule has 0 bridgehead atoms. The van der Waals surface area contributed by atoms with Gasteiger partial charge in [-0.25, -0.2) is 13.2 Å². The lowest BCUT2D eigenvalue weighted by atomic mass is 10.1. The lowest BCUT2D eigenvalue weighted by Crippen LogP contribution is -2.41. The molecule has 100 valence electrons. The molecule has 0 amide bonds. The molecule has 3 N–H and O–H groups in total. The third kappa shape index (κ3) is 2.40. The van der Waals surface area contributed by atoms with E-state index in [1.807, 2.05) is 0 Å². The van der Waals surface area contributed by atoms with Gasteiger partial charge in [0.2, 0.25) is 10.0 Å². The first kappa shape index (κ1) is 13.1. The lowest BCUT2D eigenvalue weighted by molar-refractivity contribution is 0.0691. The zero-order valence-corrected chi connectivity index (χ0v) is 10.4. The van der Waals surface area contributed by atoms with Crippen LogP contribution in [0.1, 0.15) is 23.3 Å². The molecule has 0 unspecified atom stereocenters. The number of aromatic nitrogens is 1. The molecule has 0 aliphatic carbocycles. The molecule has 0 radical (unpaired) electrons. The molecule has 18 heavy (non-hydrogen) atoms. The van der Waals surface area contributed by atoms with Crippen LogP contribution in [0.2, 0.25) is 0 Å². The molecule has 0 aromatic carbocycles. The highest BCUT2D eigenvalue weighted by atomic mass is 32.2. The zero-order chi connectivity index (χ0) is 13.3. The molecule has 1 aliphatic rings. The molecule has 1 aromatic heterocycles. The molecular formula is C10H14N2O5S. The minimum Gasteiger partial charge on any atom is -0.477 e. The highest BCUT2D eigenvalue weighted by molar-refractivity contribution is 7.89. The quantitative estimate of drug-likeness (QED) is 0.710. The van der Waals surface area contributed by atoms with E-state index >= 15 is 0 Å². The Hall–Kier alpha value is -1.38. The molecule has 1 fully saturated rings. The van der Waals surface area contributed by atoms with Crippen LogP contribution in [0.15, 0.2) is 17.2 Å². The van der Waals surface area contributed by atoms with Crippen LogP contribution in [0.5, 0.6) is 0 Å². The monoisotopic (exact) mass is 274 g/mol. The molecule has 8 heteroatoms. The van der Waals surface area contributed by atoms with Gasteiger partial charge in [-0.05, 0) is 18.9 Å². The molecular weight excluding hydrogens is 260 g/mol. The Balaban J connectivity index is 2.26. The number of H-pyrrole nitrogens is 1. The first-order chi connectivity index (χ1) is 8.41. The summed E-state index contributed by atoms with van der Waals surface area (Å²) < 4.78 is 25.5. The Labute approximate surface area is 104 Å². The fraction of sp³-hybridized carbons (Fsp3) is 0.500. The largest absolute Gasteiger partial charge is 0.477 e. The number of aliphatic hydroxyl groups excluding tert-OH is 1. The lowest BCUT2D eigenvalue weighted by Gasteiger charge is -2.28. The van der Waals surface area contributed by atoms with Gasteiger partial charge in [-0.3, -0.25) is 0 Å². The number of aromatic amines is 1. The average molecular weight is 274 g/mol. The van der Waals surface area contributed by atoms with Gasteiger partial charge in [0.15, 0.2) is 0 Å². The first-order valence-corrected chi connectivity index (χ1v) is 6.95. The van der Waals surface area contributed by atoms with Crippen LogP contribution in [-0.4, -0.2) is 53.1 Å². The van der Waals surface area contributed by atoms with Crippen molar-refractivity contribution in [2.75, 3.05) is 13.1 Å². The number of nitrogens with one attached hydrogen (secondary N) is 1. The summed E-state index contributed by atoms with van der Waals surface area (Å²) in [5.74, 6) is -1.21. The second-order valence-electron chi connectivity index (χ2n) is 4.21. The summed E-state index contributed by atoms with van der Waals surface area (Å²) in [5.41, 5.74) is -0.175. The maximum atomic E-state index is 12.2. The van der Waals surface area contributed by atoms with Crippen LogP contribution < -0.4 is 0 Å². The third-order valence-electron chi connectivity index (χ3n) is 2.88. The molecule has 0 saturated carbocycles. The molecule has 1 saturated heterocycles. The number of piperidine rings is 1. The van der Waals surface area contributed by atoms with E-state index < -0.39 is 22.1 Å². The van der Waals surface area contributed by atoms with Gasteiger partial charge in [0.25, 0.3) is 0 Å². The van der Waals surface area contributed by atoms with Crippen molar-refractivity contribution in [2.24, 2.45) is 0 Å². The van der Waals surface area contributed by atoms with Crippen molar-refractivity contribution in [1.82, 2.24) is 9.29 Å². The number of carboxylic acids is 1. The molecule has 2 rings (SSSR count). The van der Waals surface area contributed by atoms with Crippen molar-refractivity contribution in [3.05, 3.63) is 18.0 Å². The van der Waals surface area contributed by atoms with Crippen molar-refractivity contribution in [3.63, 3.8) is 0 Å². The van der Waals surface area contributed by atoms with Gasteiger partial charge in [0.05, 0.1) is 6.10 Å². The van der Waals surface area contributed by atoms with Gasteiger partial charge in [0.1, 0.15) is 10.6 Å². The van der Waals surface area contributed by atoms with Crippen molar-refractivity contribution in [2.45, 2.75) is 23.8 Å². The Kier molecular flexibility index (Phi) is 3.42. The molecule has 0 spiro atoms. The second kappa shape index (κ2) is 4.71. The number of rotatable bonds is 3. The second-order valence-corrected chi connectivity index (χ2v) is 6.15. The number of nitrogens with zero attached hydrogens (tertiary/aromatic N) is 1. The van der Waals surface area contributed by atoms with Gasteiger partial charge in [-0.15, -0.1) is 0 Å². The molecule has 2 heterocycles. The SMILES string of the molecule is O=C(O)c1cc(S(=O)(=O)N2CCC[C@H](O)C2)c[nH]1.